The fraction of sp³-hybridized carbons (Fsp3) is 0.385. The second-order valence-electron chi connectivity index (χ2n) is 8.92. The first-order valence-corrected chi connectivity index (χ1v) is 12.1. The Bertz CT molecular complexity index is 1290. The molecule has 2 aliphatic heterocycles. The number of pyridine rings is 2. The van der Waals surface area contributed by atoms with E-state index in [-0.39, 0.29) is 5.92 Å². The second-order valence-corrected chi connectivity index (χ2v) is 8.92. The van der Waals surface area contributed by atoms with Gasteiger partial charge in [0.15, 0.2) is 0 Å². The highest BCUT2D eigenvalue weighted by atomic mass is 16.5. The molecule has 0 aliphatic carbocycles. The van der Waals surface area contributed by atoms with Crippen LogP contribution in [0.25, 0.3) is 22.3 Å². The average molecular weight is 473 g/mol. The van der Waals surface area contributed by atoms with E-state index in [4.69, 9.17) is 24.0 Å². The van der Waals surface area contributed by atoms with E-state index in [0.29, 0.717) is 11.7 Å². The number of nitrogens with zero attached hydrogens (tertiary/aromatic N) is 6. The summed E-state index contributed by atoms with van der Waals surface area (Å²) in [5.74, 6) is 4.25. The Hall–Kier alpha value is -3.72. The Morgan fingerprint density at radius 3 is 2.46 bits per heavy atom. The quantitative estimate of drug-likeness (QED) is 0.429. The normalized spacial score (nSPS) is 17.2. The molecule has 0 bridgehead atoms. The van der Waals surface area contributed by atoms with Gasteiger partial charge < -0.3 is 23.8 Å². The number of anilines is 2. The number of hydrogen-bond acceptors (Lipinski definition) is 9. The molecular formula is C26H28N6O3. The van der Waals surface area contributed by atoms with Gasteiger partial charge in [0.1, 0.15) is 22.9 Å². The van der Waals surface area contributed by atoms with Gasteiger partial charge in [0.2, 0.25) is 11.7 Å². The van der Waals surface area contributed by atoms with Crippen molar-refractivity contribution < 1.29 is 14.0 Å². The third kappa shape index (κ3) is 4.39. The molecule has 0 amide bonds. The molecule has 4 aromatic rings. The summed E-state index contributed by atoms with van der Waals surface area (Å²) in [6.45, 7) is 4.96. The topological polar surface area (TPSA) is 89.6 Å². The lowest BCUT2D eigenvalue weighted by atomic mass is 9.96. The van der Waals surface area contributed by atoms with Crippen LogP contribution in [-0.2, 0) is 4.74 Å². The fourth-order valence-corrected chi connectivity index (χ4v) is 4.82. The molecule has 9 nitrogen and oxygen atoms in total. The first-order chi connectivity index (χ1) is 17.3. The van der Waals surface area contributed by atoms with Crippen molar-refractivity contribution in [1.29, 1.82) is 0 Å². The van der Waals surface area contributed by atoms with Crippen LogP contribution in [0.15, 0.2) is 53.2 Å². The van der Waals surface area contributed by atoms with Crippen LogP contribution in [-0.4, -0.2) is 66.6 Å². The summed E-state index contributed by atoms with van der Waals surface area (Å²) in [5, 5.41) is 5.31. The van der Waals surface area contributed by atoms with E-state index in [1.807, 2.05) is 30.5 Å². The highest BCUT2D eigenvalue weighted by Crippen LogP contribution is 2.32. The Morgan fingerprint density at radius 2 is 1.69 bits per heavy atom. The SMILES string of the molecule is COc1cccc2ccc(N3CCC(c4nc(-c5ccc(N6CCOCC6)nc5)no4)CC3)nc12. The van der Waals surface area contributed by atoms with E-state index < -0.39 is 0 Å². The molecule has 0 unspecified atom stereocenters. The van der Waals surface area contributed by atoms with Crippen LogP contribution < -0.4 is 14.5 Å². The van der Waals surface area contributed by atoms with E-state index in [2.05, 4.69) is 38.1 Å². The van der Waals surface area contributed by atoms with Crippen LogP contribution in [0.3, 0.4) is 0 Å². The van der Waals surface area contributed by atoms with Gasteiger partial charge in [0.25, 0.3) is 0 Å². The number of methoxy groups -OCH3 is 1. The lowest BCUT2D eigenvalue weighted by Gasteiger charge is -2.31. The summed E-state index contributed by atoms with van der Waals surface area (Å²) in [7, 11) is 1.68. The third-order valence-electron chi connectivity index (χ3n) is 6.84. The summed E-state index contributed by atoms with van der Waals surface area (Å²) >= 11 is 0. The van der Waals surface area contributed by atoms with Crippen molar-refractivity contribution in [2.75, 3.05) is 56.3 Å². The van der Waals surface area contributed by atoms with Crippen LogP contribution in [0.1, 0.15) is 24.7 Å². The number of fused-ring (bicyclic) bond motifs is 1. The lowest BCUT2D eigenvalue weighted by Crippen LogP contribution is -2.36. The van der Waals surface area contributed by atoms with Crippen LogP contribution in [0.2, 0.25) is 0 Å². The summed E-state index contributed by atoms with van der Waals surface area (Å²) in [6, 6.07) is 14.2. The molecule has 0 atom stereocenters. The number of aromatic nitrogens is 4. The van der Waals surface area contributed by atoms with Crippen molar-refractivity contribution in [3.63, 3.8) is 0 Å². The minimum Gasteiger partial charge on any atom is -0.494 e. The van der Waals surface area contributed by atoms with Gasteiger partial charge in [-0.3, -0.25) is 0 Å². The van der Waals surface area contributed by atoms with Crippen molar-refractivity contribution in [2.45, 2.75) is 18.8 Å². The van der Waals surface area contributed by atoms with Gasteiger partial charge in [-0.05, 0) is 43.2 Å². The van der Waals surface area contributed by atoms with Crippen molar-refractivity contribution >= 4 is 22.5 Å². The molecule has 2 saturated heterocycles. The van der Waals surface area contributed by atoms with Crippen molar-refractivity contribution in [2.24, 2.45) is 0 Å². The molecule has 0 saturated carbocycles. The minimum atomic E-state index is 0.239. The first-order valence-electron chi connectivity index (χ1n) is 12.1. The number of benzene rings is 1. The van der Waals surface area contributed by atoms with Crippen LogP contribution in [0.5, 0.6) is 5.75 Å². The van der Waals surface area contributed by atoms with Crippen LogP contribution in [0.4, 0.5) is 11.6 Å². The van der Waals surface area contributed by atoms with E-state index in [1.165, 1.54) is 0 Å². The zero-order chi connectivity index (χ0) is 23.6. The smallest absolute Gasteiger partial charge is 0.230 e. The molecule has 2 aliphatic rings. The highest BCUT2D eigenvalue weighted by Gasteiger charge is 2.26. The first kappa shape index (κ1) is 21.8. The van der Waals surface area contributed by atoms with Gasteiger partial charge in [-0.25, -0.2) is 9.97 Å². The lowest BCUT2D eigenvalue weighted by molar-refractivity contribution is 0.122. The molecule has 1 aromatic carbocycles. The average Bonchev–Trinajstić information content (AvgIpc) is 3.43. The van der Waals surface area contributed by atoms with Gasteiger partial charge >= 0.3 is 0 Å². The number of piperidine rings is 1. The molecule has 180 valence electrons. The Kier molecular flexibility index (Phi) is 5.91. The van der Waals surface area contributed by atoms with E-state index >= 15 is 0 Å². The van der Waals surface area contributed by atoms with Gasteiger partial charge in [0, 0.05) is 49.2 Å². The second kappa shape index (κ2) is 9.50. The zero-order valence-electron chi connectivity index (χ0n) is 19.8. The maximum atomic E-state index is 5.67. The molecule has 0 spiro atoms. The highest BCUT2D eigenvalue weighted by molar-refractivity contribution is 5.86. The third-order valence-corrected chi connectivity index (χ3v) is 6.84. The Balaban J connectivity index is 1.11. The number of hydrogen-bond donors (Lipinski definition) is 0. The van der Waals surface area contributed by atoms with Crippen LogP contribution >= 0.6 is 0 Å². The molecule has 0 radical (unpaired) electrons. The fourth-order valence-electron chi connectivity index (χ4n) is 4.82. The van der Waals surface area contributed by atoms with Crippen molar-refractivity contribution in [1.82, 2.24) is 20.1 Å². The molecule has 0 N–H and O–H groups in total. The maximum absolute atomic E-state index is 5.67. The number of para-hydroxylation sites is 1. The Morgan fingerprint density at radius 1 is 0.886 bits per heavy atom. The number of morpholine rings is 1. The number of ether oxygens (including phenoxy) is 2. The molecule has 2 fully saturated rings. The molecule has 9 heteroatoms. The molecular weight excluding hydrogens is 444 g/mol. The van der Waals surface area contributed by atoms with E-state index in [1.54, 1.807) is 7.11 Å². The standard InChI is InChI=1S/C26H28N6O3/c1-33-21-4-2-3-18-5-8-23(28-24(18)21)31-11-9-19(10-12-31)26-29-25(30-35-26)20-6-7-22(27-17-20)32-13-15-34-16-14-32/h2-8,17,19H,9-16H2,1H3. The maximum Gasteiger partial charge on any atom is 0.230 e. The zero-order valence-corrected chi connectivity index (χ0v) is 19.8. The largest absolute Gasteiger partial charge is 0.494 e. The van der Waals surface area contributed by atoms with Gasteiger partial charge in [-0.1, -0.05) is 17.3 Å². The summed E-state index contributed by atoms with van der Waals surface area (Å²) in [5.41, 5.74) is 1.76. The van der Waals surface area contributed by atoms with Gasteiger partial charge in [0.05, 0.1) is 20.3 Å². The monoisotopic (exact) mass is 472 g/mol. The molecule has 3 aromatic heterocycles. The molecule has 6 rings (SSSR count). The predicted octanol–water partition coefficient (Wildman–Crippen LogP) is 3.91. The van der Waals surface area contributed by atoms with E-state index in [9.17, 15) is 0 Å². The summed E-state index contributed by atoms with van der Waals surface area (Å²) < 4.78 is 16.6. The van der Waals surface area contributed by atoms with Crippen molar-refractivity contribution in [3.05, 3.63) is 54.6 Å². The van der Waals surface area contributed by atoms with Gasteiger partial charge in [-0.15, -0.1) is 0 Å². The molecule has 35 heavy (non-hydrogen) atoms. The van der Waals surface area contributed by atoms with Gasteiger partial charge in [-0.2, -0.15) is 4.98 Å². The summed E-state index contributed by atoms with van der Waals surface area (Å²) in [6.07, 6.45) is 3.69. The van der Waals surface area contributed by atoms with E-state index in [0.717, 1.165) is 86.1 Å². The Labute approximate surface area is 203 Å². The number of rotatable bonds is 5. The van der Waals surface area contributed by atoms with Crippen LogP contribution in [0, 0.1) is 0 Å². The molecule has 5 heterocycles. The summed E-state index contributed by atoms with van der Waals surface area (Å²) in [4.78, 5) is 18.7. The minimum absolute atomic E-state index is 0.239. The van der Waals surface area contributed by atoms with Crippen molar-refractivity contribution in [3.8, 4) is 17.1 Å². The predicted molar refractivity (Wildman–Crippen MR) is 133 cm³/mol.